The molecular weight excluding hydrogens is 487 g/mol. The maximum Gasteiger partial charge on any atom is 0.573 e. The minimum Gasteiger partial charge on any atom is -0.432 e. The summed E-state index contributed by atoms with van der Waals surface area (Å²) in [7, 11) is 0. The average molecular weight is 529 g/mol. The van der Waals surface area contributed by atoms with Gasteiger partial charge in [0, 0.05) is 0 Å². The number of rotatable bonds is 13. The summed E-state index contributed by atoms with van der Waals surface area (Å²) < 4.78 is 74.9. The number of hydrogen-bond acceptors (Lipinski definition) is 2. The Morgan fingerprint density at radius 3 is 1.76 bits per heavy atom. The lowest BCUT2D eigenvalue weighted by molar-refractivity contribution is -0.274. The maximum absolute atomic E-state index is 14.7. The normalized spacial score (nSPS) is 25.2. The monoisotopic (exact) mass is 528 g/mol. The van der Waals surface area contributed by atoms with Gasteiger partial charge in [0.15, 0.2) is 0 Å². The van der Waals surface area contributed by atoms with Crippen LogP contribution in [0.5, 0.6) is 11.5 Å². The Kier molecular flexibility index (Phi) is 11.3. The fraction of sp³-hybridized carbons (Fsp3) is 0.667. The first-order chi connectivity index (χ1) is 17.6. The molecule has 1 aromatic rings. The van der Waals surface area contributed by atoms with E-state index in [4.69, 9.17) is 4.74 Å². The van der Waals surface area contributed by atoms with Gasteiger partial charge in [0.25, 0.3) is 0 Å². The van der Waals surface area contributed by atoms with Crippen molar-refractivity contribution in [1.29, 1.82) is 0 Å². The summed E-state index contributed by atoms with van der Waals surface area (Å²) in [5.74, 6) is 0.226. The molecule has 2 nitrogen and oxygen atoms in total. The van der Waals surface area contributed by atoms with E-state index >= 15 is 0 Å². The van der Waals surface area contributed by atoms with E-state index in [0.717, 1.165) is 36.6 Å². The highest BCUT2D eigenvalue weighted by molar-refractivity contribution is 5.31. The van der Waals surface area contributed by atoms with Crippen LogP contribution in [-0.4, -0.2) is 12.5 Å². The second-order valence-electron chi connectivity index (χ2n) is 10.7. The summed E-state index contributed by atoms with van der Waals surface area (Å²) >= 11 is 0. The van der Waals surface area contributed by atoms with E-state index in [1.807, 2.05) is 6.08 Å². The molecule has 0 atom stereocenters. The molecule has 2 aliphatic rings. The predicted octanol–water partition coefficient (Wildman–Crippen LogP) is 10.3. The summed E-state index contributed by atoms with van der Waals surface area (Å²) in [5.41, 5.74) is 0. The van der Waals surface area contributed by atoms with Gasteiger partial charge in [-0.25, -0.2) is 0 Å². The summed E-state index contributed by atoms with van der Waals surface area (Å²) in [5, 5.41) is 0. The lowest BCUT2D eigenvalue weighted by Crippen LogP contribution is -2.37. The predicted molar refractivity (Wildman–Crippen MR) is 137 cm³/mol. The fourth-order valence-corrected chi connectivity index (χ4v) is 5.66. The largest absolute Gasteiger partial charge is 0.573 e. The third-order valence-corrected chi connectivity index (χ3v) is 7.88. The third kappa shape index (κ3) is 10.7. The van der Waals surface area contributed by atoms with Crippen LogP contribution in [0.2, 0.25) is 0 Å². The molecule has 0 amide bonds. The molecule has 2 aliphatic carbocycles. The van der Waals surface area contributed by atoms with Crippen molar-refractivity contribution in [2.45, 2.75) is 102 Å². The van der Waals surface area contributed by atoms with E-state index in [0.29, 0.717) is 37.5 Å². The van der Waals surface area contributed by atoms with E-state index in [9.17, 15) is 22.0 Å². The molecule has 0 unspecified atom stereocenters. The molecule has 37 heavy (non-hydrogen) atoms. The number of alkyl halides is 5. The summed E-state index contributed by atoms with van der Waals surface area (Å²) in [6.45, 7) is 3.77. The fourth-order valence-electron chi connectivity index (χ4n) is 5.66. The Bertz CT molecular complexity index is 817. The van der Waals surface area contributed by atoms with Gasteiger partial charge in [-0.15, -0.1) is 19.8 Å². The van der Waals surface area contributed by atoms with Crippen LogP contribution in [0.3, 0.4) is 0 Å². The van der Waals surface area contributed by atoms with Gasteiger partial charge in [0.2, 0.25) is 0 Å². The van der Waals surface area contributed by atoms with Gasteiger partial charge in [-0.05, 0) is 106 Å². The quantitative estimate of drug-likeness (QED) is 0.144. The van der Waals surface area contributed by atoms with Crippen molar-refractivity contribution in [1.82, 2.24) is 0 Å². The van der Waals surface area contributed by atoms with E-state index in [-0.39, 0.29) is 5.75 Å². The lowest BCUT2D eigenvalue weighted by Gasteiger charge is -2.32. The summed E-state index contributed by atoms with van der Waals surface area (Å²) in [6.07, 6.45) is 13.2. The molecule has 0 saturated heterocycles. The molecule has 0 radical (unpaired) electrons. The van der Waals surface area contributed by atoms with Crippen molar-refractivity contribution >= 4 is 0 Å². The molecule has 2 fully saturated rings. The highest BCUT2D eigenvalue weighted by atomic mass is 19.4. The van der Waals surface area contributed by atoms with Crippen molar-refractivity contribution < 1.29 is 31.4 Å². The number of benzene rings is 1. The molecule has 2 saturated carbocycles. The van der Waals surface area contributed by atoms with Crippen molar-refractivity contribution in [2.24, 2.45) is 23.7 Å². The first-order valence-electron chi connectivity index (χ1n) is 13.9. The van der Waals surface area contributed by atoms with E-state index in [1.165, 1.54) is 57.8 Å². The molecule has 0 aromatic heterocycles. The smallest absolute Gasteiger partial charge is 0.432 e. The van der Waals surface area contributed by atoms with Gasteiger partial charge >= 0.3 is 12.5 Å². The molecule has 0 spiro atoms. The second-order valence-corrected chi connectivity index (χ2v) is 10.7. The first kappa shape index (κ1) is 29.5. The molecule has 7 heteroatoms. The van der Waals surface area contributed by atoms with Crippen LogP contribution in [0.25, 0.3) is 0 Å². The zero-order chi connectivity index (χ0) is 26.7. The molecule has 3 rings (SSSR count). The Morgan fingerprint density at radius 2 is 1.22 bits per heavy atom. The van der Waals surface area contributed by atoms with Gasteiger partial charge in [-0.2, -0.15) is 8.78 Å². The van der Waals surface area contributed by atoms with Crippen LogP contribution in [0, 0.1) is 23.7 Å². The van der Waals surface area contributed by atoms with E-state index in [2.05, 4.69) is 23.5 Å². The molecule has 0 heterocycles. The highest BCUT2D eigenvalue weighted by Gasteiger charge is 2.43. The summed E-state index contributed by atoms with van der Waals surface area (Å²) in [6, 6.07) is 4.09. The topological polar surface area (TPSA) is 18.5 Å². The second kappa shape index (κ2) is 14.2. The van der Waals surface area contributed by atoms with Crippen LogP contribution in [0.1, 0.15) is 89.9 Å². The van der Waals surface area contributed by atoms with Gasteiger partial charge in [0.1, 0.15) is 11.5 Å². The van der Waals surface area contributed by atoms with Crippen molar-refractivity contribution in [3.63, 3.8) is 0 Å². The Labute approximate surface area is 218 Å². The van der Waals surface area contributed by atoms with Gasteiger partial charge < -0.3 is 9.47 Å². The maximum atomic E-state index is 14.7. The number of allylic oxidation sites excluding steroid dienone is 3. The lowest BCUT2D eigenvalue weighted by atomic mass is 9.77. The van der Waals surface area contributed by atoms with E-state index in [1.54, 1.807) is 0 Å². The highest BCUT2D eigenvalue weighted by Crippen LogP contribution is 2.41. The molecule has 0 aliphatic heterocycles. The van der Waals surface area contributed by atoms with Gasteiger partial charge in [0.05, 0.1) is 5.92 Å². The van der Waals surface area contributed by atoms with Gasteiger partial charge in [-0.1, -0.05) is 43.9 Å². The number of hydrogen-bond donors (Lipinski definition) is 0. The number of unbranched alkanes of at least 4 members (excludes halogenated alkanes) is 4. The zero-order valence-corrected chi connectivity index (χ0v) is 21.7. The molecule has 0 N–H and O–H groups in total. The molecule has 1 aromatic carbocycles. The third-order valence-electron chi connectivity index (χ3n) is 7.88. The standard InChI is InChI=1S/C30H41F5O2/c1-2-3-4-5-6-7-8-23-9-11-24(12-10-23)13-14-25-15-17-26(18-16-25)29(31,32)36-27-19-21-28(22-20-27)37-30(33,34)35/h2,13-14,19-26H,1,3-12,15-18H2/b14-13+. The van der Waals surface area contributed by atoms with Crippen LogP contribution in [-0.2, 0) is 0 Å². The number of ether oxygens (including phenoxy) is 2. The Balaban J connectivity index is 1.34. The Hall–Kier alpha value is -2.05. The zero-order valence-electron chi connectivity index (χ0n) is 21.7. The molecule has 0 bridgehead atoms. The minimum absolute atomic E-state index is 0.176. The average Bonchev–Trinajstić information content (AvgIpc) is 2.86. The van der Waals surface area contributed by atoms with Crippen LogP contribution in [0.4, 0.5) is 22.0 Å². The van der Waals surface area contributed by atoms with Crippen LogP contribution < -0.4 is 9.47 Å². The SMILES string of the molecule is C=CCCCCCCC1CCC(/C=C/C2CCC(C(F)(F)Oc3ccc(OC(F)(F)F)cc3)CC2)CC1. The van der Waals surface area contributed by atoms with Crippen LogP contribution >= 0.6 is 0 Å². The van der Waals surface area contributed by atoms with Crippen molar-refractivity contribution in [3.8, 4) is 11.5 Å². The van der Waals surface area contributed by atoms with E-state index < -0.39 is 24.1 Å². The minimum atomic E-state index is -4.83. The van der Waals surface area contributed by atoms with Crippen LogP contribution in [0.15, 0.2) is 49.1 Å². The molecule has 208 valence electrons. The first-order valence-corrected chi connectivity index (χ1v) is 13.9. The number of halogens is 5. The Morgan fingerprint density at radius 1 is 0.703 bits per heavy atom. The van der Waals surface area contributed by atoms with Crippen molar-refractivity contribution in [3.05, 3.63) is 49.1 Å². The van der Waals surface area contributed by atoms with Gasteiger partial charge in [-0.3, -0.25) is 0 Å². The van der Waals surface area contributed by atoms with Crippen molar-refractivity contribution in [2.75, 3.05) is 0 Å². The summed E-state index contributed by atoms with van der Waals surface area (Å²) in [4.78, 5) is 0. The molecular formula is C30H41F5O2.